The van der Waals surface area contributed by atoms with Crippen molar-refractivity contribution in [2.45, 2.75) is 0 Å². The molecule has 0 amide bonds. The van der Waals surface area contributed by atoms with Crippen molar-refractivity contribution in [1.29, 1.82) is 0 Å². The van der Waals surface area contributed by atoms with E-state index >= 15 is 0 Å². The van der Waals surface area contributed by atoms with Crippen molar-refractivity contribution >= 4 is 47.0 Å². The van der Waals surface area contributed by atoms with Gasteiger partial charge in [0.1, 0.15) is 0 Å². The molecule has 0 N–H and O–H groups in total. The highest BCUT2D eigenvalue weighted by Crippen LogP contribution is 2.23. The lowest BCUT2D eigenvalue weighted by Crippen LogP contribution is -1.75. The van der Waals surface area contributed by atoms with Crippen LogP contribution in [-0.2, 0) is 0 Å². The van der Waals surface area contributed by atoms with Crippen LogP contribution >= 0.6 is 34.8 Å². The zero-order valence-corrected chi connectivity index (χ0v) is 11.1. The van der Waals surface area contributed by atoms with Crippen LogP contribution in [0.25, 0.3) is 12.2 Å². The maximum Gasteiger partial charge on any atom is 0.0493 e. The van der Waals surface area contributed by atoms with Gasteiger partial charge in [-0.1, -0.05) is 65.2 Å². The molecule has 0 aromatic heterocycles. The minimum Gasteiger partial charge on any atom is -0.0843 e. The summed E-state index contributed by atoms with van der Waals surface area (Å²) in [6, 6.07) is 13.0. The molecule has 0 saturated carbocycles. The first-order valence-corrected chi connectivity index (χ1v) is 6.17. The molecule has 0 heterocycles. The van der Waals surface area contributed by atoms with Crippen molar-refractivity contribution in [3.05, 3.63) is 68.7 Å². The normalized spacial score (nSPS) is 11.0. The lowest BCUT2D eigenvalue weighted by Gasteiger charge is -1.99. The molecule has 2 aromatic rings. The molecule has 2 aromatic carbocycles. The Kier molecular flexibility index (Phi) is 4.11. The average molecular weight is 284 g/mol. The number of benzene rings is 2. The average Bonchev–Trinajstić information content (AvgIpc) is 2.30. The SMILES string of the molecule is Clc1ccc(/C=C/c2ccc(Cl)cc2Cl)cc1. The van der Waals surface area contributed by atoms with E-state index in [1.54, 1.807) is 6.07 Å². The molecule has 0 unspecified atom stereocenters. The minimum absolute atomic E-state index is 0.638. The van der Waals surface area contributed by atoms with E-state index in [2.05, 4.69) is 0 Å². The van der Waals surface area contributed by atoms with Gasteiger partial charge in [0.15, 0.2) is 0 Å². The summed E-state index contributed by atoms with van der Waals surface area (Å²) in [6.07, 6.45) is 3.92. The van der Waals surface area contributed by atoms with Crippen molar-refractivity contribution in [1.82, 2.24) is 0 Å². The summed E-state index contributed by atoms with van der Waals surface area (Å²) in [7, 11) is 0. The Morgan fingerprint density at radius 3 is 2.00 bits per heavy atom. The standard InChI is InChI=1S/C14H9Cl3/c15-12-6-2-10(3-7-12)1-4-11-5-8-13(16)9-14(11)17/h1-9H/b4-1+. The first kappa shape index (κ1) is 12.5. The number of hydrogen-bond donors (Lipinski definition) is 0. The van der Waals surface area contributed by atoms with E-state index in [0.717, 1.165) is 16.1 Å². The Bertz CT molecular complexity index is 542. The van der Waals surface area contributed by atoms with Gasteiger partial charge in [0, 0.05) is 15.1 Å². The summed E-state index contributed by atoms with van der Waals surface area (Å²) in [5, 5.41) is 2.01. The zero-order valence-electron chi connectivity index (χ0n) is 8.83. The van der Waals surface area contributed by atoms with E-state index in [9.17, 15) is 0 Å². The molecule has 0 aliphatic rings. The fourth-order valence-electron chi connectivity index (χ4n) is 1.40. The van der Waals surface area contributed by atoms with Gasteiger partial charge in [-0.15, -0.1) is 0 Å². The molecule has 0 nitrogen and oxygen atoms in total. The molecular weight excluding hydrogens is 275 g/mol. The summed E-state index contributed by atoms with van der Waals surface area (Å²) in [5.74, 6) is 0. The second kappa shape index (κ2) is 5.59. The van der Waals surface area contributed by atoms with Gasteiger partial charge in [-0.3, -0.25) is 0 Å². The fourth-order valence-corrected chi connectivity index (χ4v) is 1.99. The van der Waals surface area contributed by atoms with E-state index in [1.165, 1.54) is 0 Å². The number of halogens is 3. The third-order valence-electron chi connectivity index (χ3n) is 2.29. The predicted octanol–water partition coefficient (Wildman–Crippen LogP) is 5.82. The smallest absolute Gasteiger partial charge is 0.0493 e. The van der Waals surface area contributed by atoms with Crippen LogP contribution in [0.3, 0.4) is 0 Å². The van der Waals surface area contributed by atoms with Gasteiger partial charge in [-0.25, -0.2) is 0 Å². The van der Waals surface area contributed by atoms with Crippen LogP contribution in [0.5, 0.6) is 0 Å². The van der Waals surface area contributed by atoms with Crippen LogP contribution in [0, 0.1) is 0 Å². The Balaban J connectivity index is 2.23. The van der Waals surface area contributed by atoms with Gasteiger partial charge in [-0.2, -0.15) is 0 Å². The van der Waals surface area contributed by atoms with Crippen molar-refractivity contribution in [2.24, 2.45) is 0 Å². The minimum atomic E-state index is 0.638. The van der Waals surface area contributed by atoms with E-state index in [1.807, 2.05) is 48.6 Å². The molecular formula is C14H9Cl3. The van der Waals surface area contributed by atoms with Crippen molar-refractivity contribution in [3.63, 3.8) is 0 Å². The molecule has 0 radical (unpaired) electrons. The summed E-state index contributed by atoms with van der Waals surface area (Å²) in [5.41, 5.74) is 2.01. The molecule has 17 heavy (non-hydrogen) atoms. The highest BCUT2D eigenvalue weighted by atomic mass is 35.5. The predicted molar refractivity (Wildman–Crippen MR) is 76.8 cm³/mol. The Morgan fingerprint density at radius 2 is 1.35 bits per heavy atom. The molecule has 0 fully saturated rings. The van der Waals surface area contributed by atoms with Gasteiger partial charge in [0.05, 0.1) is 0 Å². The quantitative estimate of drug-likeness (QED) is 0.609. The molecule has 86 valence electrons. The highest BCUT2D eigenvalue weighted by Gasteiger charge is 1.97. The van der Waals surface area contributed by atoms with Gasteiger partial charge >= 0.3 is 0 Å². The van der Waals surface area contributed by atoms with Crippen molar-refractivity contribution in [3.8, 4) is 0 Å². The topological polar surface area (TPSA) is 0 Å². The summed E-state index contributed by atoms with van der Waals surface area (Å²) in [4.78, 5) is 0. The third kappa shape index (κ3) is 3.50. The highest BCUT2D eigenvalue weighted by molar-refractivity contribution is 6.35. The van der Waals surface area contributed by atoms with Crippen molar-refractivity contribution < 1.29 is 0 Å². The molecule has 2 rings (SSSR count). The fraction of sp³-hybridized carbons (Fsp3) is 0. The molecule has 0 saturated heterocycles. The molecule has 0 spiro atoms. The summed E-state index contributed by atoms with van der Waals surface area (Å²) < 4.78 is 0. The van der Waals surface area contributed by atoms with E-state index in [-0.39, 0.29) is 0 Å². The van der Waals surface area contributed by atoms with Crippen LogP contribution in [0.2, 0.25) is 15.1 Å². The maximum atomic E-state index is 6.06. The van der Waals surface area contributed by atoms with Crippen LogP contribution in [0.4, 0.5) is 0 Å². The summed E-state index contributed by atoms with van der Waals surface area (Å²) in [6.45, 7) is 0. The van der Waals surface area contributed by atoms with Crippen LogP contribution in [0.1, 0.15) is 11.1 Å². The number of rotatable bonds is 2. The maximum absolute atomic E-state index is 6.06. The lowest BCUT2D eigenvalue weighted by molar-refractivity contribution is 1.64. The lowest BCUT2D eigenvalue weighted by atomic mass is 10.1. The van der Waals surface area contributed by atoms with E-state index in [0.29, 0.717) is 10.0 Å². The van der Waals surface area contributed by atoms with E-state index in [4.69, 9.17) is 34.8 Å². The van der Waals surface area contributed by atoms with Crippen LogP contribution < -0.4 is 0 Å². The first-order chi connectivity index (χ1) is 8.15. The van der Waals surface area contributed by atoms with Gasteiger partial charge in [0.2, 0.25) is 0 Å². The monoisotopic (exact) mass is 282 g/mol. The summed E-state index contributed by atoms with van der Waals surface area (Å²) >= 11 is 17.7. The second-order valence-electron chi connectivity index (χ2n) is 3.55. The first-order valence-electron chi connectivity index (χ1n) is 5.04. The van der Waals surface area contributed by atoms with E-state index < -0.39 is 0 Å². The van der Waals surface area contributed by atoms with Crippen molar-refractivity contribution in [2.75, 3.05) is 0 Å². The Morgan fingerprint density at radius 1 is 0.706 bits per heavy atom. The molecule has 0 aliphatic heterocycles. The molecule has 0 atom stereocenters. The number of hydrogen-bond acceptors (Lipinski definition) is 0. The Labute approximate surface area is 115 Å². The molecule has 0 bridgehead atoms. The van der Waals surface area contributed by atoms with Crippen LogP contribution in [-0.4, -0.2) is 0 Å². The van der Waals surface area contributed by atoms with Gasteiger partial charge in [-0.05, 0) is 35.4 Å². The van der Waals surface area contributed by atoms with Gasteiger partial charge in [0.25, 0.3) is 0 Å². The molecule has 0 aliphatic carbocycles. The zero-order chi connectivity index (χ0) is 12.3. The third-order valence-corrected chi connectivity index (χ3v) is 3.10. The van der Waals surface area contributed by atoms with Gasteiger partial charge < -0.3 is 0 Å². The second-order valence-corrected chi connectivity index (χ2v) is 4.83. The van der Waals surface area contributed by atoms with Crippen LogP contribution in [0.15, 0.2) is 42.5 Å². The Hall–Kier alpha value is -0.950. The molecule has 3 heteroatoms. The largest absolute Gasteiger partial charge is 0.0843 e.